The molecule has 2 unspecified atom stereocenters. The summed E-state index contributed by atoms with van der Waals surface area (Å²) in [5.41, 5.74) is 5.34. The molecule has 0 spiro atoms. The lowest BCUT2D eigenvalue weighted by atomic mass is 9.54. The molecule has 172 valence electrons. The van der Waals surface area contributed by atoms with Crippen LogP contribution in [0.3, 0.4) is 0 Å². The molecule has 0 aromatic rings. The Labute approximate surface area is 188 Å². The Morgan fingerprint density at radius 1 is 1.07 bits per heavy atom. The fourth-order valence-corrected chi connectivity index (χ4v) is 4.28. The minimum atomic E-state index is -0.862. The van der Waals surface area contributed by atoms with Gasteiger partial charge in [-0.2, -0.15) is 0 Å². The van der Waals surface area contributed by atoms with E-state index in [9.17, 15) is 9.59 Å². The molecule has 2 fully saturated rings. The van der Waals surface area contributed by atoms with Gasteiger partial charge in [0.15, 0.2) is 0 Å². The number of halogens is 2. The third-order valence-electron chi connectivity index (χ3n) is 6.56. The minimum absolute atomic E-state index is 0. The second-order valence-corrected chi connectivity index (χ2v) is 8.33. The number of ether oxygens (including phenoxy) is 1. The van der Waals surface area contributed by atoms with Crippen molar-refractivity contribution in [2.24, 2.45) is 11.1 Å². The number of rotatable bonds is 7. The Bertz CT molecular complexity index is 546. The molecular weight excluding hydrogens is 415 g/mol. The van der Waals surface area contributed by atoms with Crippen LogP contribution in [0.5, 0.6) is 0 Å². The molecule has 29 heavy (non-hydrogen) atoms. The van der Waals surface area contributed by atoms with Crippen LogP contribution in [-0.4, -0.2) is 90.6 Å². The van der Waals surface area contributed by atoms with E-state index in [4.69, 9.17) is 10.5 Å². The molecule has 1 saturated carbocycles. The van der Waals surface area contributed by atoms with Crippen molar-refractivity contribution in [1.29, 1.82) is 0 Å². The number of nitrogens with two attached hydrogens (primary N) is 1. The highest BCUT2D eigenvalue weighted by Crippen LogP contribution is 2.50. The maximum atomic E-state index is 13.2. The summed E-state index contributed by atoms with van der Waals surface area (Å²) in [5, 5.41) is 0. The molecule has 1 saturated heterocycles. The normalized spacial score (nSPS) is 26.4. The number of likely N-dealkylation sites (N-methyl/N-ethyl adjacent to an activating group) is 1. The molecule has 2 aliphatic rings. The maximum Gasteiger partial charge on any atom is 0.243 e. The van der Waals surface area contributed by atoms with Crippen LogP contribution in [-0.2, 0) is 14.3 Å². The summed E-state index contributed by atoms with van der Waals surface area (Å²) in [6, 6.07) is 0. The van der Waals surface area contributed by atoms with Crippen LogP contribution in [0.4, 0.5) is 0 Å². The van der Waals surface area contributed by atoms with Crippen LogP contribution in [0.15, 0.2) is 0 Å². The summed E-state index contributed by atoms with van der Waals surface area (Å²) in [6.07, 6.45) is 1.47. The van der Waals surface area contributed by atoms with Gasteiger partial charge in [0.05, 0.1) is 12.6 Å². The summed E-state index contributed by atoms with van der Waals surface area (Å²) in [6.45, 7) is 15.4. The summed E-state index contributed by atoms with van der Waals surface area (Å²) < 4.78 is 5.75. The maximum absolute atomic E-state index is 13.2. The van der Waals surface area contributed by atoms with Crippen molar-refractivity contribution in [3.8, 4) is 0 Å². The predicted molar refractivity (Wildman–Crippen MR) is 121 cm³/mol. The van der Waals surface area contributed by atoms with Gasteiger partial charge in [-0.15, -0.1) is 24.8 Å². The van der Waals surface area contributed by atoms with Crippen molar-refractivity contribution in [3.05, 3.63) is 0 Å². The van der Waals surface area contributed by atoms with Crippen molar-refractivity contribution < 1.29 is 14.3 Å². The topological polar surface area (TPSA) is 79.1 Å². The number of carbonyl (C=O) groups excluding carboxylic acids is 2. The van der Waals surface area contributed by atoms with E-state index < -0.39 is 5.54 Å². The van der Waals surface area contributed by atoms with Gasteiger partial charge in [-0.1, -0.05) is 13.8 Å². The van der Waals surface area contributed by atoms with Crippen LogP contribution in [0.25, 0.3) is 0 Å². The molecule has 2 N–H and O–H groups in total. The summed E-state index contributed by atoms with van der Waals surface area (Å²) in [4.78, 5) is 31.5. The smallest absolute Gasteiger partial charge is 0.243 e. The summed E-state index contributed by atoms with van der Waals surface area (Å²) >= 11 is 0. The fourth-order valence-electron chi connectivity index (χ4n) is 4.28. The second kappa shape index (κ2) is 11.7. The summed E-state index contributed by atoms with van der Waals surface area (Å²) in [7, 11) is 0. The van der Waals surface area contributed by atoms with Gasteiger partial charge >= 0.3 is 0 Å². The first-order chi connectivity index (χ1) is 12.7. The molecule has 1 aliphatic carbocycles. The Morgan fingerprint density at radius 2 is 1.69 bits per heavy atom. The zero-order valence-electron chi connectivity index (χ0n) is 18.6. The Hall–Kier alpha value is -0.600. The van der Waals surface area contributed by atoms with Gasteiger partial charge in [-0.3, -0.25) is 14.5 Å². The van der Waals surface area contributed by atoms with E-state index in [1.54, 1.807) is 0 Å². The van der Waals surface area contributed by atoms with Crippen LogP contribution in [0.1, 0.15) is 47.5 Å². The molecule has 0 bridgehead atoms. The van der Waals surface area contributed by atoms with E-state index in [-0.39, 0.29) is 48.1 Å². The first-order valence-corrected chi connectivity index (χ1v) is 10.4. The molecule has 0 radical (unpaired) electrons. The number of carbonyl (C=O) groups is 2. The third-order valence-corrected chi connectivity index (χ3v) is 6.56. The van der Waals surface area contributed by atoms with Crippen LogP contribution >= 0.6 is 24.8 Å². The summed E-state index contributed by atoms with van der Waals surface area (Å²) in [5.74, 6) is 0.190. The molecule has 9 heteroatoms. The van der Waals surface area contributed by atoms with E-state index in [0.717, 1.165) is 26.1 Å². The lowest BCUT2D eigenvalue weighted by Gasteiger charge is -2.58. The molecule has 1 heterocycles. The monoisotopic (exact) mass is 454 g/mol. The van der Waals surface area contributed by atoms with Gasteiger partial charge in [0.2, 0.25) is 11.8 Å². The highest BCUT2D eigenvalue weighted by atomic mass is 35.5. The minimum Gasteiger partial charge on any atom is -0.378 e. The molecule has 0 aromatic heterocycles. The molecule has 2 rings (SSSR count). The van der Waals surface area contributed by atoms with Gasteiger partial charge in [0, 0.05) is 57.7 Å². The van der Waals surface area contributed by atoms with E-state index in [1.807, 2.05) is 44.4 Å². The van der Waals surface area contributed by atoms with E-state index in [1.165, 1.54) is 0 Å². The number of hydrogen-bond donors (Lipinski definition) is 1. The van der Waals surface area contributed by atoms with Gasteiger partial charge in [0.1, 0.15) is 5.54 Å². The van der Waals surface area contributed by atoms with Crippen molar-refractivity contribution in [1.82, 2.24) is 14.7 Å². The highest BCUT2D eigenvalue weighted by molar-refractivity contribution is 5.89. The van der Waals surface area contributed by atoms with Crippen LogP contribution in [0.2, 0.25) is 0 Å². The lowest BCUT2D eigenvalue weighted by molar-refractivity contribution is -0.179. The van der Waals surface area contributed by atoms with E-state index in [0.29, 0.717) is 39.2 Å². The average molecular weight is 455 g/mol. The molecule has 0 aromatic carbocycles. The van der Waals surface area contributed by atoms with Crippen molar-refractivity contribution >= 4 is 36.6 Å². The SMILES string of the molecule is CCOC1CC(N)(C(=O)N2CCCN(CC(=O)N(CC)CC)CC2)C1(C)C.Cl.Cl. The van der Waals surface area contributed by atoms with Crippen molar-refractivity contribution in [2.45, 2.75) is 59.1 Å². The lowest BCUT2D eigenvalue weighted by Crippen LogP contribution is -2.76. The zero-order chi connectivity index (χ0) is 20.2. The number of nitrogens with zero attached hydrogens (tertiary/aromatic N) is 3. The molecule has 2 atom stereocenters. The highest BCUT2D eigenvalue weighted by Gasteiger charge is 2.63. The standard InChI is InChI=1S/C20H38N4O3.2ClH/c1-6-23(7-2)17(25)15-22-10-9-11-24(13-12-22)18(26)20(21)14-16(27-8-3)19(20,4)5;;/h16H,6-15,21H2,1-5H3;2*1H. The first-order valence-electron chi connectivity index (χ1n) is 10.4. The fraction of sp³-hybridized carbons (Fsp3) is 0.900. The molecule has 7 nitrogen and oxygen atoms in total. The molecule has 1 aliphatic heterocycles. The Balaban J connectivity index is 0.00000392. The third kappa shape index (κ3) is 5.76. The number of hydrogen-bond acceptors (Lipinski definition) is 5. The Kier molecular flexibility index (Phi) is 11.5. The number of amides is 2. The van der Waals surface area contributed by atoms with Crippen molar-refractivity contribution in [3.63, 3.8) is 0 Å². The van der Waals surface area contributed by atoms with Gasteiger partial charge < -0.3 is 20.3 Å². The second-order valence-electron chi connectivity index (χ2n) is 8.33. The Morgan fingerprint density at radius 3 is 2.21 bits per heavy atom. The average Bonchev–Trinajstić information content (AvgIpc) is 2.87. The molecular formula is C20H40Cl2N4O3. The van der Waals surface area contributed by atoms with Crippen LogP contribution < -0.4 is 5.73 Å². The van der Waals surface area contributed by atoms with Crippen LogP contribution in [0, 0.1) is 5.41 Å². The van der Waals surface area contributed by atoms with E-state index >= 15 is 0 Å². The van der Waals surface area contributed by atoms with E-state index in [2.05, 4.69) is 4.90 Å². The predicted octanol–water partition coefficient (Wildman–Crippen LogP) is 1.77. The molecule has 2 amide bonds. The quantitative estimate of drug-likeness (QED) is 0.633. The largest absolute Gasteiger partial charge is 0.378 e. The van der Waals surface area contributed by atoms with Gasteiger partial charge in [-0.05, 0) is 27.2 Å². The van der Waals surface area contributed by atoms with Gasteiger partial charge in [-0.25, -0.2) is 0 Å². The first kappa shape index (κ1) is 28.4. The van der Waals surface area contributed by atoms with Gasteiger partial charge in [0.25, 0.3) is 0 Å². The van der Waals surface area contributed by atoms with Crippen molar-refractivity contribution in [2.75, 3.05) is 52.4 Å². The zero-order valence-corrected chi connectivity index (χ0v) is 20.2.